The summed E-state index contributed by atoms with van der Waals surface area (Å²) in [5, 5.41) is 4.66. The molecule has 5 heteroatoms. The predicted molar refractivity (Wildman–Crippen MR) is 88.0 cm³/mol. The van der Waals surface area contributed by atoms with Crippen molar-refractivity contribution < 1.29 is 4.39 Å². The molecule has 0 aliphatic carbocycles. The van der Waals surface area contributed by atoms with Gasteiger partial charge in [-0.2, -0.15) is 0 Å². The van der Waals surface area contributed by atoms with E-state index < -0.39 is 6.04 Å². The molecule has 1 nitrogen and oxygen atoms in total. The van der Waals surface area contributed by atoms with Gasteiger partial charge in [-0.05, 0) is 37.2 Å². The highest BCUT2D eigenvalue weighted by atomic mass is 35.5. The molecule has 0 aliphatic heterocycles. The van der Waals surface area contributed by atoms with Crippen molar-refractivity contribution in [3.8, 4) is 0 Å². The van der Waals surface area contributed by atoms with Gasteiger partial charge in [-0.15, -0.1) is 0 Å². The average molecular weight is 347 g/mol. The first-order valence-electron chi connectivity index (χ1n) is 6.66. The molecule has 112 valence electrons. The molecule has 0 aromatic heterocycles. The Hall–Kier alpha value is -0.800. The Bertz CT molecular complexity index is 611. The lowest BCUT2D eigenvalue weighted by Gasteiger charge is -2.22. The Morgan fingerprint density at radius 1 is 1.10 bits per heavy atom. The normalized spacial score (nSPS) is 12.4. The van der Waals surface area contributed by atoms with Gasteiger partial charge in [0.05, 0.1) is 6.04 Å². The molecular weight excluding hydrogens is 332 g/mol. The van der Waals surface area contributed by atoms with Gasteiger partial charge < -0.3 is 5.32 Å². The van der Waals surface area contributed by atoms with E-state index in [2.05, 4.69) is 5.32 Å². The fraction of sp³-hybridized carbons (Fsp3) is 0.250. The minimum atomic E-state index is -0.414. The van der Waals surface area contributed by atoms with E-state index in [1.165, 1.54) is 6.07 Å². The Balaban J connectivity index is 2.52. The number of nitrogens with one attached hydrogen (secondary N) is 1. The van der Waals surface area contributed by atoms with Gasteiger partial charge >= 0.3 is 0 Å². The first-order valence-corrected chi connectivity index (χ1v) is 7.80. The van der Waals surface area contributed by atoms with Crippen LogP contribution >= 0.6 is 34.8 Å². The summed E-state index contributed by atoms with van der Waals surface area (Å²) in [6.07, 6.45) is 0.910. The van der Waals surface area contributed by atoms with Crippen LogP contribution in [-0.4, -0.2) is 6.54 Å². The Labute approximate surface area is 139 Å². The van der Waals surface area contributed by atoms with Crippen molar-refractivity contribution in [2.75, 3.05) is 6.54 Å². The molecule has 0 heterocycles. The average Bonchev–Trinajstić information content (AvgIpc) is 2.43. The first-order chi connectivity index (χ1) is 10.0. The lowest BCUT2D eigenvalue weighted by atomic mass is 9.97. The van der Waals surface area contributed by atoms with Crippen molar-refractivity contribution in [2.45, 2.75) is 19.4 Å². The van der Waals surface area contributed by atoms with Gasteiger partial charge in [-0.25, -0.2) is 4.39 Å². The van der Waals surface area contributed by atoms with E-state index in [-0.39, 0.29) is 5.82 Å². The van der Waals surface area contributed by atoms with E-state index in [9.17, 15) is 4.39 Å². The quantitative estimate of drug-likeness (QED) is 0.713. The summed E-state index contributed by atoms with van der Waals surface area (Å²) in [6, 6.07) is 9.46. The zero-order chi connectivity index (χ0) is 15.4. The molecule has 0 amide bonds. The number of hydrogen-bond donors (Lipinski definition) is 1. The van der Waals surface area contributed by atoms with Gasteiger partial charge in [0.25, 0.3) is 0 Å². The van der Waals surface area contributed by atoms with Crippen LogP contribution in [0.1, 0.15) is 30.5 Å². The molecule has 2 rings (SSSR count). The Kier molecular flexibility index (Phi) is 5.88. The molecule has 0 radical (unpaired) electrons. The molecule has 0 fully saturated rings. The van der Waals surface area contributed by atoms with Crippen molar-refractivity contribution >= 4 is 34.8 Å². The standard InChI is InChI=1S/C16H15Cl3FN/c1-2-8-21-16(11-7-6-10(17)9-14(11)20)15-12(18)4-3-5-13(15)19/h3-7,9,16,21H,2,8H2,1H3. The van der Waals surface area contributed by atoms with Crippen molar-refractivity contribution in [3.05, 3.63) is 68.4 Å². The van der Waals surface area contributed by atoms with Crippen molar-refractivity contribution in [3.63, 3.8) is 0 Å². The fourth-order valence-corrected chi connectivity index (χ4v) is 2.95. The van der Waals surface area contributed by atoms with Crippen molar-refractivity contribution in [2.24, 2.45) is 0 Å². The topological polar surface area (TPSA) is 12.0 Å². The molecule has 0 bridgehead atoms. The van der Waals surface area contributed by atoms with Gasteiger partial charge in [-0.3, -0.25) is 0 Å². The van der Waals surface area contributed by atoms with Crippen LogP contribution in [0.15, 0.2) is 36.4 Å². The van der Waals surface area contributed by atoms with Crippen LogP contribution < -0.4 is 5.32 Å². The lowest BCUT2D eigenvalue weighted by molar-refractivity contribution is 0.547. The predicted octanol–water partition coefficient (Wildman–Crippen LogP) is 5.87. The highest BCUT2D eigenvalue weighted by molar-refractivity contribution is 6.36. The van der Waals surface area contributed by atoms with Crippen LogP contribution in [0.2, 0.25) is 15.1 Å². The van der Waals surface area contributed by atoms with Gasteiger partial charge in [0.2, 0.25) is 0 Å². The SMILES string of the molecule is CCCNC(c1ccc(Cl)cc1F)c1c(Cl)cccc1Cl. The van der Waals surface area contributed by atoms with Gasteiger partial charge in [0.1, 0.15) is 5.82 Å². The first kappa shape index (κ1) is 16.6. The molecule has 1 unspecified atom stereocenters. The molecular formula is C16H15Cl3FN. The highest BCUT2D eigenvalue weighted by Gasteiger charge is 2.22. The van der Waals surface area contributed by atoms with Crippen LogP contribution in [0, 0.1) is 5.82 Å². The number of rotatable bonds is 5. The van der Waals surface area contributed by atoms with E-state index in [1.54, 1.807) is 30.3 Å². The summed E-state index contributed by atoms with van der Waals surface area (Å²) < 4.78 is 14.3. The molecule has 1 atom stereocenters. The molecule has 2 aromatic carbocycles. The smallest absolute Gasteiger partial charge is 0.129 e. The van der Waals surface area contributed by atoms with Gasteiger partial charge in [0, 0.05) is 26.2 Å². The van der Waals surface area contributed by atoms with Crippen molar-refractivity contribution in [1.82, 2.24) is 5.32 Å². The number of halogens is 4. The second-order valence-electron chi connectivity index (χ2n) is 4.69. The highest BCUT2D eigenvalue weighted by Crippen LogP contribution is 2.35. The summed E-state index contributed by atoms with van der Waals surface area (Å²) in [4.78, 5) is 0. The zero-order valence-corrected chi connectivity index (χ0v) is 13.7. The summed E-state index contributed by atoms with van der Waals surface area (Å²) in [6.45, 7) is 2.75. The summed E-state index contributed by atoms with van der Waals surface area (Å²) in [5.41, 5.74) is 1.15. The molecule has 21 heavy (non-hydrogen) atoms. The molecule has 0 saturated carbocycles. The second kappa shape index (κ2) is 7.46. The van der Waals surface area contributed by atoms with E-state index >= 15 is 0 Å². The van der Waals surface area contributed by atoms with Crippen LogP contribution in [-0.2, 0) is 0 Å². The van der Waals surface area contributed by atoms with E-state index in [4.69, 9.17) is 34.8 Å². The second-order valence-corrected chi connectivity index (χ2v) is 5.94. The maximum atomic E-state index is 14.3. The molecule has 0 spiro atoms. The maximum absolute atomic E-state index is 14.3. The minimum absolute atomic E-state index is 0.357. The summed E-state index contributed by atoms with van der Waals surface area (Å²) in [5.74, 6) is -0.382. The zero-order valence-electron chi connectivity index (χ0n) is 11.5. The molecule has 1 N–H and O–H groups in total. The fourth-order valence-electron chi connectivity index (χ4n) is 2.18. The lowest BCUT2D eigenvalue weighted by Crippen LogP contribution is -2.24. The van der Waals surface area contributed by atoms with Gasteiger partial charge in [0.15, 0.2) is 0 Å². The Morgan fingerprint density at radius 2 is 1.76 bits per heavy atom. The molecule has 2 aromatic rings. The summed E-state index contributed by atoms with van der Waals surface area (Å²) >= 11 is 18.3. The van der Waals surface area contributed by atoms with Crippen LogP contribution in [0.4, 0.5) is 4.39 Å². The van der Waals surface area contributed by atoms with Gasteiger partial charge in [-0.1, -0.05) is 53.9 Å². The number of hydrogen-bond acceptors (Lipinski definition) is 1. The number of benzene rings is 2. The van der Waals surface area contributed by atoms with E-state index in [0.29, 0.717) is 32.7 Å². The maximum Gasteiger partial charge on any atom is 0.129 e. The van der Waals surface area contributed by atoms with Crippen molar-refractivity contribution in [1.29, 1.82) is 0 Å². The molecule has 0 saturated heterocycles. The Morgan fingerprint density at radius 3 is 2.33 bits per heavy atom. The molecule has 0 aliphatic rings. The van der Waals surface area contributed by atoms with E-state index in [0.717, 1.165) is 6.42 Å². The third-order valence-electron chi connectivity index (χ3n) is 3.16. The van der Waals surface area contributed by atoms with Crippen LogP contribution in [0.3, 0.4) is 0 Å². The largest absolute Gasteiger partial charge is 0.306 e. The third-order valence-corrected chi connectivity index (χ3v) is 4.05. The van der Waals surface area contributed by atoms with E-state index in [1.807, 2.05) is 6.92 Å². The minimum Gasteiger partial charge on any atom is -0.306 e. The summed E-state index contributed by atoms with van der Waals surface area (Å²) in [7, 11) is 0. The van der Waals surface area contributed by atoms with Crippen LogP contribution in [0.5, 0.6) is 0 Å². The third kappa shape index (κ3) is 3.89. The van der Waals surface area contributed by atoms with Crippen LogP contribution in [0.25, 0.3) is 0 Å². The monoisotopic (exact) mass is 345 g/mol.